The lowest BCUT2D eigenvalue weighted by atomic mass is 10.2. The predicted molar refractivity (Wildman–Crippen MR) is 87.2 cm³/mol. The number of para-hydroxylation sites is 1. The number of nitrogens with one attached hydrogen (secondary N) is 1. The molecule has 0 fully saturated rings. The van der Waals surface area contributed by atoms with Gasteiger partial charge in [-0.2, -0.15) is 0 Å². The Morgan fingerprint density at radius 2 is 1.65 bits per heavy atom. The zero-order chi connectivity index (χ0) is 15.9. The van der Waals surface area contributed by atoms with Crippen molar-refractivity contribution in [1.29, 1.82) is 0 Å². The lowest BCUT2D eigenvalue weighted by Crippen LogP contribution is -2.14. The number of amides is 1. The van der Waals surface area contributed by atoms with Crippen molar-refractivity contribution in [3.63, 3.8) is 0 Å². The van der Waals surface area contributed by atoms with Crippen molar-refractivity contribution in [2.24, 2.45) is 0 Å². The predicted octanol–water partition coefficient (Wildman–Crippen LogP) is 3.31. The third-order valence-corrected chi connectivity index (χ3v) is 3.19. The minimum absolute atomic E-state index is 0.261. The maximum atomic E-state index is 12.4. The van der Waals surface area contributed by atoms with E-state index in [2.05, 4.69) is 15.3 Å². The highest BCUT2D eigenvalue weighted by Gasteiger charge is 2.12. The molecule has 5 heteroatoms. The van der Waals surface area contributed by atoms with Crippen LogP contribution in [-0.2, 0) is 6.61 Å². The van der Waals surface area contributed by atoms with E-state index in [-0.39, 0.29) is 5.91 Å². The van der Waals surface area contributed by atoms with E-state index in [1.807, 2.05) is 36.4 Å². The van der Waals surface area contributed by atoms with E-state index < -0.39 is 0 Å². The summed E-state index contributed by atoms with van der Waals surface area (Å²) < 4.78 is 5.79. The van der Waals surface area contributed by atoms with Crippen molar-refractivity contribution in [2.75, 3.05) is 5.32 Å². The van der Waals surface area contributed by atoms with E-state index in [1.54, 1.807) is 30.6 Å². The normalized spacial score (nSPS) is 10.1. The van der Waals surface area contributed by atoms with Gasteiger partial charge in [-0.15, -0.1) is 0 Å². The molecule has 0 saturated carbocycles. The van der Waals surface area contributed by atoms with Gasteiger partial charge in [-0.05, 0) is 17.7 Å². The second-order valence-corrected chi connectivity index (χ2v) is 4.85. The first-order valence-corrected chi connectivity index (χ1v) is 7.15. The number of rotatable bonds is 5. The lowest BCUT2D eigenvalue weighted by Gasteiger charge is -2.11. The topological polar surface area (TPSA) is 64.1 Å². The van der Waals surface area contributed by atoms with E-state index >= 15 is 0 Å². The summed E-state index contributed by atoms with van der Waals surface area (Å²) in [5.74, 6) is 0.272. The van der Waals surface area contributed by atoms with Crippen molar-refractivity contribution in [3.05, 3.63) is 84.4 Å². The Bertz CT molecular complexity index is 777. The highest BCUT2D eigenvalue weighted by molar-refractivity contribution is 6.06. The van der Waals surface area contributed by atoms with E-state index in [9.17, 15) is 4.79 Å². The molecular formula is C18H15N3O2. The van der Waals surface area contributed by atoms with Gasteiger partial charge in [0.1, 0.15) is 18.7 Å². The molecule has 0 spiro atoms. The third-order valence-electron chi connectivity index (χ3n) is 3.19. The summed E-state index contributed by atoms with van der Waals surface area (Å²) >= 11 is 0. The molecule has 0 unspecified atom stereocenters. The van der Waals surface area contributed by atoms with Gasteiger partial charge in [0.05, 0.1) is 23.6 Å². The average Bonchev–Trinajstić information content (AvgIpc) is 2.62. The van der Waals surface area contributed by atoms with Crippen LogP contribution >= 0.6 is 0 Å². The van der Waals surface area contributed by atoms with Gasteiger partial charge < -0.3 is 10.1 Å². The Morgan fingerprint density at radius 1 is 0.957 bits per heavy atom. The van der Waals surface area contributed by atoms with Crippen LogP contribution in [0.15, 0.2) is 73.3 Å². The fourth-order valence-corrected chi connectivity index (χ4v) is 2.08. The molecule has 2 aromatic carbocycles. The van der Waals surface area contributed by atoms with Crippen LogP contribution in [0.3, 0.4) is 0 Å². The molecule has 0 bridgehead atoms. The van der Waals surface area contributed by atoms with Gasteiger partial charge in [-0.3, -0.25) is 4.79 Å². The average molecular weight is 305 g/mol. The van der Waals surface area contributed by atoms with E-state index in [1.165, 1.54) is 6.33 Å². The highest BCUT2D eigenvalue weighted by atomic mass is 16.5. The molecular weight excluding hydrogens is 290 g/mol. The summed E-state index contributed by atoms with van der Waals surface area (Å²) in [5, 5.41) is 2.75. The van der Waals surface area contributed by atoms with Gasteiger partial charge in [0.15, 0.2) is 0 Å². The molecule has 1 N–H and O–H groups in total. The number of hydrogen-bond acceptors (Lipinski definition) is 4. The van der Waals surface area contributed by atoms with Crippen molar-refractivity contribution < 1.29 is 9.53 Å². The molecule has 3 rings (SSSR count). The van der Waals surface area contributed by atoms with Crippen LogP contribution in [0.5, 0.6) is 5.75 Å². The first kappa shape index (κ1) is 14.7. The maximum absolute atomic E-state index is 12.4. The second-order valence-electron chi connectivity index (χ2n) is 4.85. The fraction of sp³-hybridized carbons (Fsp3) is 0.0556. The number of carbonyl (C=O) groups is 1. The molecule has 0 aliphatic carbocycles. The standard InChI is InChI=1S/C18H15N3O2/c22-18(21-15-10-19-13-20-11-15)16-8-4-5-9-17(16)23-12-14-6-2-1-3-7-14/h1-11,13H,12H2,(H,21,22). The summed E-state index contributed by atoms with van der Waals surface area (Å²) in [7, 11) is 0. The van der Waals surface area contributed by atoms with Crippen molar-refractivity contribution in [3.8, 4) is 5.75 Å². The quantitative estimate of drug-likeness (QED) is 0.785. The first-order chi connectivity index (χ1) is 11.3. The molecule has 0 aliphatic heterocycles. The smallest absolute Gasteiger partial charge is 0.259 e. The number of carbonyl (C=O) groups excluding carboxylic acids is 1. The van der Waals surface area contributed by atoms with Crippen LogP contribution in [0.1, 0.15) is 15.9 Å². The van der Waals surface area contributed by atoms with E-state index in [0.29, 0.717) is 23.6 Å². The Balaban J connectivity index is 1.73. The minimum Gasteiger partial charge on any atom is -0.488 e. The van der Waals surface area contributed by atoms with Gasteiger partial charge in [0, 0.05) is 0 Å². The summed E-state index contributed by atoms with van der Waals surface area (Å²) in [4.78, 5) is 20.1. The van der Waals surface area contributed by atoms with Crippen molar-refractivity contribution in [1.82, 2.24) is 9.97 Å². The van der Waals surface area contributed by atoms with E-state index in [4.69, 9.17) is 4.74 Å². The molecule has 3 aromatic rings. The van der Waals surface area contributed by atoms with Crippen LogP contribution in [0.4, 0.5) is 5.69 Å². The zero-order valence-electron chi connectivity index (χ0n) is 12.3. The van der Waals surface area contributed by atoms with Gasteiger partial charge >= 0.3 is 0 Å². The molecule has 0 saturated heterocycles. The SMILES string of the molecule is O=C(Nc1cncnc1)c1ccccc1OCc1ccccc1. The molecule has 0 radical (unpaired) electrons. The Labute approximate surface area is 134 Å². The zero-order valence-corrected chi connectivity index (χ0v) is 12.3. The second kappa shape index (κ2) is 7.17. The van der Waals surface area contributed by atoms with Gasteiger partial charge in [0.2, 0.25) is 0 Å². The molecule has 0 atom stereocenters. The number of benzene rings is 2. The summed E-state index contributed by atoms with van der Waals surface area (Å²) in [6.07, 6.45) is 4.49. The number of hydrogen-bond donors (Lipinski definition) is 1. The largest absolute Gasteiger partial charge is 0.488 e. The van der Waals surface area contributed by atoms with Crippen molar-refractivity contribution in [2.45, 2.75) is 6.61 Å². The molecule has 1 amide bonds. The van der Waals surface area contributed by atoms with Gasteiger partial charge in [-0.25, -0.2) is 9.97 Å². The highest BCUT2D eigenvalue weighted by Crippen LogP contribution is 2.20. The Morgan fingerprint density at radius 3 is 2.43 bits per heavy atom. The molecule has 1 aromatic heterocycles. The van der Waals surface area contributed by atoms with E-state index in [0.717, 1.165) is 5.56 Å². The monoisotopic (exact) mass is 305 g/mol. The molecule has 114 valence electrons. The molecule has 5 nitrogen and oxygen atoms in total. The van der Waals surface area contributed by atoms with Gasteiger partial charge in [-0.1, -0.05) is 42.5 Å². The number of ether oxygens (including phenoxy) is 1. The maximum Gasteiger partial charge on any atom is 0.259 e. The molecule has 0 aliphatic rings. The summed E-state index contributed by atoms with van der Waals surface area (Å²) in [6.45, 7) is 0.402. The van der Waals surface area contributed by atoms with Crippen LogP contribution in [-0.4, -0.2) is 15.9 Å². The van der Waals surface area contributed by atoms with Crippen molar-refractivity contribution >= 4 is 11.6 Å². The van der Waals surface area contributed by atoms with Crippen LogP contribution in [0.25, 0.3) is 0 Å². The van der Waals surface area contributed by atoms with Crippen LogP contribution in [0, 0.1) is 0 Å². The minimum atomic E-state index is -0.261. The Hall–Kier alpha value is -3.21. The third kappa shape index (κ3) is 3.91. The first-order valence-electron chi connectivity index (χ1n) is 7.15. The van der Waals surface area contributed by atoms with Gasteiger partial charge in [0.25, 0.3) is 5.91 Å². The Kier molecular flexibility index (Phi) is 4.59. The number of nitrogens with zero attached hydrogens (tertiary/aromatic N) is 2. The summed E-state index contributed by atoms with van der Waals surface area (Å²) in [6, 6.07) is 16.9. The van der Waals surface area contributed by atoms with Crippen LogP contribution < -0.4 is 10.1 Å². The fourth-order valence-electron chi connectivity index (χ4n) is 2.08. The van der Waals surface area contributed by atoms with Crippen LogP contribution in [0.2, 0.25) is 0 Å². The lowest BCUT2D eigenvalue weighted by molar-refractivity contribution is 0.102. The number of aromatic nitrogens is 2. The molecule has 1 heterocycles. The number of anilines is 1. The molecule has 23 heavy (non-hydrogen) atoms. The summed E-state index contributed by atoms with van der Waals surface area (Å²) in [5.41, 5.74) is 2.04.